The summed E-state index contributed by atoms with van der Waals surface area (Å²) in [5, 5.41) is 12.0. The Hall–Kier alpha value is -3.47. The van der Waals surface area contributed by atoms with Crippen LogP contribution < -0.4 is 10.1 Å². The van der Waals surface area contributed by atoms with Gasteiger partial charge in [0.25, 0.3) is 5.91 Å². The number of rotatable bonds is 6. The molecule has 8 nitrogen and oxygen atoms in total. The number of phenolic OH excluding ortho intramolecular Hbond substituents is 1. The molecule has 1 atom stereocenters. The Morgan fingerprint density at radius 1 is 1.12 bits per heavy atom. The molecule has 0 aromatic heterocycles. The lowest BCUT2D eigenvalue weighted by atomic mass is 10.2. The molecule has 2 aromatic rings. The highest BCUT2D eigenvalue weighted by molar-refractivity contribution is 5.94. The molecule has 3 rings (SSSR count). The van der Waals surface area contributed by atoms with Crippen molar-refractivity contribution >= 4 is 12.0 Å². The van der Waals surface area contributed by atoms with Crippen LogP contribution in [0.5, 0.6) is 11.5 Å². The van der Waals surface area contributed by atoms with Gasteiger partial charge in [0.15, 0.2) is 0 Å². The van der Waals surface area contributed by atoms with Crippen molar-refractivity contribution in [1.82, 2.24) is 10.2 Å². The standard InChI is InChI=1S/C21H21F3N2O6/c22-21(23,24)32-17-7-1-14(2-8-17)13-31-20(29)26-9-10-30-18(12-26)11-25-19(28)15-3-5-16(27)6-4-15/h1-8,18,27H,9-13H2,(H,25,28). The number of alkyl halides is 3. The van der Waals surface area contributed by atoms with Gasteiger partial charge in [0.2, 0.25) is 0 Å². The largest absolute Gasteiger partial charge is 0.573 e. The smallest absolute Gasteiger partial charge is 0.508 e. The van der Waals surface area contributed by atoms with Crippen molar-refractivity contribution in [2.24, 2.45) is 0 Å². The van der Waals surface area contributed by atoms with E-state index in [0.717, 1.165) is 12.1 Å². The fourth-order valence-corrected chi connectivity index (χ4v) is 2.95. The fraction of sp³-hybridized carbons (Fsp3) is 0.333. The molecular weight excluding hydrogens is 433 g/mol. The van der Waals surface area contributed by atoms with Gasteiger partial charge < -0.3 is 29.5 Å². The van der Waals surface area contributed by atoms with Crippen LogP contribution in [-0.2, 0) is 16.1 Å². The van der Waals surface area contributed by atoms with Crippen LogP contribution in [0.25, 0.3) is 0 Å². The second-order valence-corrected chi connectivity index (χ2v) is 6.94. The molecule has 0 radical (unpaired) electrons. The SMILES string of the molecule is O=C(NCC1CN(C(=O)OCc2ccc(OC(F)(F)F)cc2)CCO1)c1ccc(O)cc1. The molecule has 1 unspecified atom stereocenters. The van der Waals surface area contributed by atoms with Gasteiger partial charge in [0, 0.05) is 18.7 Å². The number of morpholine rings is 1. The summed E-state index contributed by atoms with van der Waals surface area (Å²) in [6.45, 7) is 0.819. The molecular formula is C21H21F3N2O6. The summed E-state index contributed by atoms with van der Waals surface area (Å²) in [4.78, 5) is 25.9. The Labute approximate surface area is 181 Å². The van der Waals surface area contributed by atoms with E-state index in [1.165, 1.54) is 41.3 Å². The van der Waals surface area contributed by atoms with E-state index in [9.17, 15) is 27.9 Å². The lowest BCUT2D eigenvalue weighted by molar-refractivity contribution is -0.274. The van der Waals surface area contributed by atoms with Crippen LogP contribution in [0.2, 0.25) is 0 Å². The Bertz CT molecular complexity index is 919. The van der Waals surface area contributed by atoms with E-state index in [2.05, 4.69) is 10.1 Å². The third kappa shape index (κ3) is 7.05. The molecule has 0 saturated carbocycles. The van der Waals surface area contributed by atoms with Gasteiger partial charge in [-0.2, -0.15) is 0 Å². The van der Waals surface area contributed by atoms with Crippen molar-refractivity contribution < 1.29 is 42.1 Å². The minimum Gasteiger partial charge on any atom is -0.508 e. The number of ether oxygens (including phenoxy) is 3. The topological polar surface area (TPSA) is 97.3 Å². The lowest BCUT2D eigenvalue weighted by Gasteiger charge is -2.32. The zero-order chi connectivity index (χ0) is 23.1. The maximum Gasteiger partial charge on any atom is 0.573 e. The molecule has 1 aliphatic heterocycles. The van der Waals surface area contributed by atoms with Crippen molar-refractivity contribution in [1.29, 1.82) is 0 Å². The zero-order valence-corrected chi connectivity index (χ0v) is 16.8. The number of halogens is 3. The molecule has 1 saturated heterocycles. The van der Waals surface area contributed by atoms with E-state index in [0.29, 0.717) is 17.7 Å². The molecule has 172 valence electrons. The Morgan fingerprint density at radius 2 is 1.81 bits per heavy atom. The number of hydrogen-bond donors (Lipinski definition) is 2. The van der Waals surface area contributed by atoms with Gasteiger partial charge in [0.05, 0.1) is 19.3 Å². The highest BCUT2D eigenvalue weighted by Crippen LogP contribution is 2.23. The van der Waals surface area contributed by atoms with Crippen LogP contribution in [0.3, 0.4) is 0 Å². The number of aromatic hydroxyl groups is 1. The first-order valence-corrected chi connectivity index (χ1v) is 9.65. The third-order valence-corrected chi connectivity index (χ3v) is 4.54. The maximum atomic E-state index is 12.3. The van der Waals surface area contributed by atoms with Gasteiger partial charge in [-0.1, -0.05) is 12.1 Å². The molecule has 0 bridgehead atoms. The second kappa shape index (κ2) is 10.2. The minimum atomic E-state index is -4.77. The van der Waals surface area contributed by atoms with Crippen molar-refractivity contribution in [2.45, 2.75) is 19.1 Å². The van der Waals surface area contributed by atoms with Crippen LogP contribution in [0.4, 0.5) is 18.0 Å². The number of amides is 2. The molecule has 2 aromatic carbocycles. The summed E-state index contributed by atoms with van der Waals surface area (Å²) in [5.74, 6) is -0.652. The first-order valence-electron chi connectivity index (χ1n) is 9.65. The van der Waals surface area contributed by atoms with Crippen LogP contribution >= 0.6 is 0 Å². The van der Waals surface area contributed by atoms with Gasteiger partial charge in [-0.05, 0) is 42.0 Å². The summed E-state index contributed by atoms with van der Waals surface area (Å²) >= 11 is 0. The van der Waals surface area contributed by atoms with Gasteiger partial charge in [-0.25, -0.2) is 4.79 Å². The van der Waals surface area contributed by atoms with Crippen molar-refractivity contribution in [3.63, 3.8) is 0 Å². The number of nitrogens with zero attached hydrogens (tertiary/aromatic N) is 1. The number of carbonyl (C=O) groups excluding carboxylic acids is 2. The molecule has 1 heterocycles. The summed E-state index contributed by atoms with van der Waals surface area (Å²) in [6.07, 6.45) is -5.81. The van der Waals surface area contributed by atoms with Gasteiger partial charge in [-0.15, -0.1) is 13.2 Å². The van der Waals surface area contributed by atoms with Crippen LogP contribution in [0, 0.1) is 0 Å². The highest BCUT2D eigenvalue weighted by Gasteiger charge is 2.31. The number of hydrogen-bond acceptors (Lipinski definition) is 6. The number of benzene rings is 2. The van der Waals surface area contributed by atoms with Gasteiger partial charge in [-0.3, -0.25) is 4.79 Å². The average Bonchev–Trinajstić information content (AvgIpc) is 2.76. The van der Waals surface area contributed by atoms with Gasteiger partial charge >= 0.3 is 12.5 Å². The van der Waals surface area contributed by atoms with Crippen LogP contribution in [0.1, 0.15) is 15.9 Å². The molecule has 1 fully saturated rings. The summed E-state index contributed by atoms with van der Waals surface area (Å²) in [6, 6.07) is 10.8. The molecule has 1 aliphatic rings. The maximum absolute atomic E-state index is 12.3. The average molecular weight is 454 g/mol. The van der Waals surface area contributed by atoms with Crippen LogP contribution in [-0.4, -0.2) is 60.7 Å². The van der Waals surface area contributed by atoms with E-state index < -0.39 is 18.6 Å². The molecule has 2 N–H and O–H groups in total. The molecule has 11 heteroatoms. The molecule has 2 amide bonds. The van der Waals surface area contributed by atoms with Crippen LogP contribution in [0.15, 0.2) is 48.5 Å². The number of phenols is 1. The highest BCUT2D eigenvalue weighted by atomic mass is 19.4. The summed E-state index contributed by atoms with van der Waals surface area (Å²) in [5.41, 5.74) is 0.875. The van der Waals surface area contributed by atoms with E-state index in [1.54, 1.807) is 0 Å². The Morgan fingerprint density at radius 3 is 2.47 bits per heavy atom. The first-order chi connectivity index (χ1) is 15.2. The lowest BCUT2D eigenvalue weighted by Crippen LogP contribution is -2.49. The monoisotopic (exact) mass is 454 g/mol. The summed E-state index contributed by atoms with van der Waals surface area (Å²) in [7, 11) is 0. The molecule has 32 heavy (non-hydrogen) atoms. The fourth-order valence-electron chi connectivity index (χ4n) is 2.95. The first kappa shape index (κ1) is 23.2. The van der Waals surface area contributed by atoms with E-state index in [-0.39, 0.29) is 43.7 Å². The molecule has 0 aliphatic carbocycles. The third-order valence-electron chi connectivity index (χ3n) is 4.54. The second-order valence-electron chi connectivity index (χ2n) is 6.94. The normalized spacial score (nSPS) is 16.3. The number of carbonyl (C=O) groups is 2. The predicted octanol–water partition coefficient (Wildman–Crippen LogP) is 3.06. The van der Waals surface area contributed by atoms with Gasteiger partial charge in [0.1, 0.15) is 18.1 Å². The van der Waals surface area contributed by atoms with E-state index in [1.807, 2.05) is 0 Å². The Balaban J connectivity index is 1.43. The zero-order valence-electron chi connectivity index (χ0n) is 16.8. The van der Waals surface area contributed by atoms with Crippen molar-refractivity contribution in [3.8, 4) is 11.5 Å². The van der Waals surface area contributed by atoms with Crippen molar-refractivity contribution in [2.75, 3.05) is 26.2 Å². The predicted molar refractivity (Wildman–Crippen MR) is 105 cm³/mol. The summed E-state index contributed by atoms with van der Waals surface area (Å²) < 4.78 is 51.2. The molecule has 0 spiro atoms. The minimum absolute atomic E-state index is 0.0527. The quantitative estimate of drug-likeness (QED) is 0.697. The van der Waals surface area contributed by atoms with E-state index in [4.69, 9.17) is 9.47 Å². The number of nitrogens with one attached hydrogen (secondary N) is 1. The van der Waals surface area contributed by atoms with E-state index >= 15 is 0 Å². The van der Waals surface area contributed by atoms with Crippen molar-refractivity contribution in [3.05, 3.63) is 59.7 Å². The Kier molecular flexibility index (Phi) is 7.41.